The Hall–Kier alpha value is -14.2. The normalized spacial score (nSPS) is 11.9. The van der Waals surface area contributed by atoms with E-state index in [0.29, 0.717) is 0 Å². The molecule has 6 nitrogen and oxygen atoms in total. The summed E-state index contributed by atoms with van der Waals surface area (Å²) in [5, 5.41) is 10.3. The van der Waals surface area contributed by atoms with Crippen molar-refractivity contribution in [1.82, 2.24) is 28.2 Å². The van der Waals surface area contributed by atoms with Crippen molar-refractivity contribution in [3.8, 4) is 90.0 Å². The highest BCUT2D eigenvalue weighted by Crippen LogP contribution is 2.48. The fourth-order valence-corrected chi connectivity index (χ4v) is 18.3. The van der Waals surface area contributed by atoms with E-state index in [1.165, 1.54) is 138 Å². The van der Waals surface area contributed by atoms with Crippen LogP contribution in [0.2, 0.25) is 0 Å². The minimum absolute atomic E-state index is 0.0924. The molecule has 0 aliphatic heterocycles. The van der Waals surface area contributed by atoms with Crippen molar-refractivity contribution in [2.24, 2.45) is 0 Å². The zero-order chi connectivity index (χ0) is 80.4. The van der Waals surface area contributed by atoms with E-state index in [0.717, 1.165) is 56.2 Å². The molecule has 0 spiro atoms. The molecule has 0 bridgehead atoms. The molecule has 0 unspecified atom stereocenters. The van der Waals surface area contributed by atoms with E-state index in [1.807, 2.05) is 0 Å². The topological polar surface area (TPSA) is 45.5 Å². The summed E-state index contributed by atoms with van der Waals surface area (Å²) in [5.74, 6) is 0. The largest absolute Gasteiger partial charge is 0.309 e. The van der Waals surface area contributed by atoms with Crippen LogP contribution < -0.4 is 0 Å². The third kappa shape index (κ3) is 13.4. The highest BCUT2D eigenvalue weighted by Gasteiger charge is 2.31. The van der Waals surface area contributed by atoms with Gasteiger partial charge in [0, 0.05) is 82.2 Å². The fourth-order valence-electron chi connectivity index (χ4n) is 18.3. The SMILES string of the molecule is CC(C)(C)c1c(-c2cc(-c3ccccc3)nc(-c3ccccc3)c2)cccc1-c1cc(-c2ccccc2)nc(-c2ccccc2)c1.CC(C)(C)c1c(-n2c3ccccc3c3ccccc32)ccc2c3ccccc3n(-c3ccccc3)c12.CC(C)(C)c1c(-n2c3ccccc3c3ccccc32)cccc1-n1c2ccccc2c2ccccc21. The molecule has 118 heavy (non-hydrogen) atoms. The molecule has 0 fully saturated rings. The molecule has 0 saturated heterocycles. The van der Waals surface area contributed by atoms with Gasteiger partial charge in [-0.1, -0.05) is 360 Å². The highest BCUT2D eigenvalue weighted by molar-refractivity contribution is 6.15. The molecule has 0 atom stereocenters. The first kappa shape index (κ1) is 73.9. The lowest BCUT2D eigenvalue weighted by Gasteiger charge is -2.28. The second-order valence-electron chi connectivity index (χ2n) is 34.0. The van der Waals surface area contributed by atoms with Gasteiger partial charge in [-0.3, -0.25) is 0 Å². The maximum absolute atomic E-state index is 5.15. The van der Waals surface area contributed by atoms with Crippen LogP contribution in [-0.4, -0.2) is 28.2 Å². The molecule has 0 radical (unpaired) electrons. The van der Waals surface area contributed by atoms with E-state index in [2.05, 4.69) is 475 Å². The van der Waals surface area contributed by atoms with E-state index >= 15 is 0 Å². The molecular weight excluding hydrogens is 1430 g/mol. The summed E-state index contributed by atoms with van der Waals surface area (Å²) >= 11 is 0. The molecule has 6 aromatic heterocycles. The Morgan fingerprint density at radius 2 is 0.432 bits per heavy atom. The van der Waals surface area contributed by atoms with E-state index in [4.69, 9.17) is 9.97 Å². The number of nitrogens with zero attached hydrogens (tertiary/aromatic N) is 6. The summed E-state index contributed by atoms with van der Waals surface area (Å²) in [4.78, 5) is 10.3. The van der Waals surface area contributed by atoms with Gasteiger partial charge in [-0.15, -0.1) is 0 Å². The Morgan fingerprint density at radius 1 is 0.186 bits per heavy atom. The average molecular weight is 1520 g/mol. The predicted molar refractivity (Wildman–Crippen MR) is 501 cm³/mol. The van der Waals surface area contributed by atoms with Gasteiger partial charge in [-0.2, -0.15) is 0 Å². The van der Waals surface area contributed by atoms with Crippen LogP contribution in [0, 0.1) is 0 Å². The number of aromatic nitrogens is 6. The fraction of sp³-hybridized carbons (Fsp3) is 0.107. The molecule has 0 saturated carbocycles. The number of fused-ring (bicyclic) bond motifs is 12. The molecule has 21 rings (SSSR count). The average Bonchev–Trinajstić information content (AvgIpc) is 1.57. The maximum atomic E-state index is 5.15. The lowest BCUT2D eigenvalue weighted by Crippen LogP contribution is -2.19. The second kappa shape index (κ2) is 30.2. The number of pyridine rings is 2. The van der Waals surface area contributed by atoms with Crippen LogP contribution in [0.5, 0.6) is 0 Å². The van der Waals surface area contributed by atoms with Crippen LogP contribution in [0.3, 0.4) is 0 Å². The van der Waals surface area contributed by atoms with Gasteiger partial charge >= 0.3 is 0 Å². The Bertz CT molecular complexity index is 6770. The van der Waals surface area contributed by atoms with E-state index < -0.39 is 0 Å². The lowest BCUT2D eigenvalue weighted by molar-refractivity contribution is 0.584. The standard InChI is InChI=1S/C44H36N2.2C34H28N2/c1-44(2,3)43-37(35-27-39(31-17-8-4-9-18-31)45-40(28-35)32-19-10-5-11-20-32)25-16-26-38(43)36-29-41(33-21-12-6-13-22-33)46-42(30-36)34-23-14-7-15-24-34;1-34(2,3)33-31(35-27-17-8-4-13-23(27)24-14-5-9-18-28(24)35)21-12-22-32(33)36-29-19-10-6-15-25(29)26-16-7-11-20-30(26)36;1-34(2,3)32-31(36-29-19-11-7-15-24(29)25-16-8-12-20-30(25)36)22-21-27-26-17-9-10-18-28(26)35(33(27)32)23-13-5-4-6-14-23/h4-30H,1-3H3;2*4-22H,1-3H3. The number of rotatable bonds is 10. The van der Waals surface area contributed by atoms with Crippen LogP contribution >= 0.6 is 0 Å². The Labute approximate surface area is 690 Å². The van der Waals surface area contributed by atoms with Gasteiger partial charge in [-0.05, 0) is 141 Å². The maximum Gasteiger partial charge on any atom is 0.0715 e. The molecule has 0 aliphatic rings. The first-order chi connectivity index (χ1) is 57.5. The molecule has 21 aromatic rings. The summed E-state index contributed by atoms with van der Waals surface area (Å²) in [5.41, 5.74) is 31.5. The van der Waals surface area contributed by atoms with Crippen LogP contribution in [0.25, 0.3) is 177 Å². The molecule has 6 heterocycles. The smallest absolute Gasteiger partial charge is 0.0715 e. The Kier molecular flexibility index (Phi) is 18.9. The summed E-state index contributed by atoms with van der Waals surface area (Å²) < 4.78 is 9.85. The van der Waals surface area contributed by atoms with Gasteiger partial charge in [-0.25, -0.2) is 9.97 Å². The zero-order valence-corrected chi connectivity index (χ0v) is 68.2. The molecule has 570 valence electrons. The van der Waals surface area contributed by atoms with Crippen molar-refractivity contribution < 1.29 is 0 Å². The van der Waals surface area contributed by atoms with Crippen LogP contribution in [0.15, 0.2) is 394 Å². The van der Waals surface area contributed by atoms with Gasteiger partial charge in [0.1, 0.15) is 0 Å². The van der Waals surface area contributed by atoms with Crippen molar-refractivity contribution >= 4 is 87.2 Å². The van der Waals surface area contributed by atoms with Crippen LogP contribution in [0.1, 0.15) is 79.0 Å². The minimum Gasteiger partial charge on any atom is -0.309 e. The molecular formula is C112H92N6. The van der Waals surface area contributed by atoms with Crippen molar-refractivity contribution in [1.29, 1.82) is 0 Å². The number of para-hydroxylation sites is 8. The predicted octanol–water partition coefficient (Wildman–Crippen LogP) is 30.1. The van der Waals surface area contributed by atoms with Crippen LogP contribution in [-0.2, 0) is 16.2 Å². The number of hydrogen-bond donors (Lipinski definition) is 0. The van der Waals surface area contributed by atoms with Crippen molar-refractivity contribution in [2.75, 3.05) is 0 Å². The van der Waals surface area contributed by atoms with Gasteiger partial charge in [0.25, 0.3) is 0 Å². The van der Waals surface area contributed by atoms with E-state index in [-0.39, 0.29) is 16.2 Å². The molecule has 0 amide bonds. The summed E-state index contributed by atoms with van der Waals surface area (Å²) in [7, 11) is 0. The summed E-state index contributed by atoms with van der Waals surface area (Å²) in [6.07, 6.45) is 0. The molecule has 15 aromatic carbocycles. The van der Waals surface area contributed by atoms with Gasteiger partial charge in [0.2, 0.25) is 0 Å². The van der Waals surface area contributed by atoms with E-state index in [1.54, 1.807) is 0 Å². The lowest BCUT2D eigenvalue weighted by atomic mass is 9.77. The minimum atomic E-state index is -0.155. The quantitative estimate of drug-likeness (QED) is 0.137. The Balaban J connectivity index is 0.000000119. The van der Waals surface area contributed by atoms with E-state index in [9.17, 15) is 0 Å². The molecule has 6 heteroatoms. The highest BCUT2D eigenvalue weighted by atomic mass is 15.0. The number of hydrogen-bond acceptors (Lipinski definition) is 2. The van der Waals surface area contributed by atoms with Gasteiger partial charge < -0.3 is 18.3 Å². The first-order valence-corrected chi connectivity index (χ1v) is 41.1. The van der Waals surface area contributed by atoms with Crippen molar-refractivity contribution in [3.63, 3.8) is 0 Å². The van der Waals surface area contributed by atoms with Crippen molar-refractivity contribution in [3.05, 3.63) is 411 Å². The van der Waals surface area contributed by atoms with Gasteiger partial charge in [0.15, 0.2) is 0 Å². The summed E-state index contributed by atoms with van der Waals surface area (Å²) in [6.45, 7) is 20.9. The van der Waals surface area contributed by atoms with Gasteiger partial charge in [0.05, 0.1) is 84.0 Å². The van der Waals surface area contributed by atoms with Crippen LogP contribution in [0.4, 0.5) is 0 Å². The third-order valence-corrected chi connectivity index (χ3v) is 23.2. The molecule has 0 N–H and O–H groups in total. The number of benzene rings is 15. The molecule has 0 aliphatic carbocycles. The zero-order valence-electron chi connectivity index (χ0n) is 68.2. The van der Waals surface area contributed by atoms with Crippen molar-refractivity contribution in [2.45, 2.75) is 78.6 Å². The summed E-state index contributed by atoms with van der Waals surface area (Å²) in [6, 6.07) is 141. The third-order valence-electron chi connectivity index (χ3n) is 23.2. The first-order valence-electron chi connectivity index (χ1n) is 41.1. The Morgan fingerprint density at radius 3 is 0.729 bits per heavy atom. The monoisotopic (exact) mass is 1520 g/mol. The second-order valence-corrected chi connectivity index (χ2v) is 34.0.